The minimum absolute atomic E-state index is 0.0336. The van der Waals surface area contributed by atoms with Crippen LogP contribution >= 0.6 is 0 Å². The molecular weight excluding hydrogens is 320 g/mol. The Kier molecular flexibility index (Phi) is 4.56. The lowest BCUT2D eigenvalue weighted by Gasteiger charge is -2.57. The van der Waals surface area contributed by atoms with Gasteiger partial charge in [0.15, 0.2) is 0 Å². The summed E-state index contributed by atoms with van der Waals surface area (Å²) in [6, 6.07) is 0. The molecule has 0 bridgehead atoms. The van der Waals surface area contributed by atoms with Crippen LogP contribution in [-0.4, -0.2) is 28.4 Å². The van der Waals surface area contributed by atoms with Crippen molar-refractivity contribution < 1.29 is 24.5 Å². The number of rotatable bonds is 4. The molecule has 5 heteroatoms. The number of hydrogen-bond acceptors (Lipinski definition) is 4. The number of carboxylic acid groups (broad SMARTS) is 1. The Hall–Kier alpha value is -1.62. The van der Waals surface area contributed by atoms with E-state index in [1.165, 1.54) is 6.08 Å². The Balaban J connectivity index is 1.86. The molecule has 1 aliphatic heterocycles. The monoisotopic (exact) mass is 348 g/mol. The van der Waals surface area contributed by atoms with Gasteiger partial charge in [-0.3, -0.25) is 0 Å². The second kappa shape index (κ2) is 6.27. The number of allylic oxidation sites excluding steroid dienone is 1. The largest absolute Gasteiger partial charge is 0.478 e. The van der Waals surface area contributed by atoms with Gasteiger partial charge in [-0.05, 0) is 55.8 Å². The third-order valence-corrected chi connectivity index (χ3v) is 7.24. The Labute approximate surface area is 148 Å². The lowest BCUT2D eigenvalue weighted by molar-refractivity contribution is -0.151. The molecule has 1 saturated carbocycles. The molecule has 3 aliphatic rings. The highest BCUT2D eigenvalue weighted by atomic mass is 16.6. The van der Waals surface area contributed by atoms with E-state index in [-0.39, 0.29) is 16.7 Å². The maximum atomic E-state index is 11.8. The lowest BCUT2D eigenvalue weighted by Crippen LogP contribution is -2.51. The van der Waals surface area contributed by atoms with Crippen LogP contribution in [-0.2, 0) is 14.3 Å². The zero-order valence-electron chi connectivity index (χ0n) is 15.2. The van der Waals surface area contributed by atoms with Crippen molar-refractivity contribution in [3.63, 3.8) is 0 Å². The SMILES string of the molecule is C[C@H]1CC[C@@]2(C)C(C(=O)O)=CCC[C@H]2[C@]1(C)CCC1=CC(=O)OC1O. The van der Waals surface area contributed by atoms with E-state index in [1.54, 1.807) is 0 Å². The number of carbonyl (C=O) groups is 2. The fraction of sp³-hybridized carbons (Fsp3) is 0.700. The van der Waals surface area contributed by atoms with Gasteiger partial charge < -0.3 is 14.9 Å². The van der Waals surface area contributed by atoms with Crippen molar-refractivity contribution >= 4 is 11.9 Å². The Morgan fingerprint density at radius 2 is 2.08 bits per heavy atom. The van der Waals surface area contributed by atoms with Crippen molar-refractivity contribution in [1.29, 1.82) is 0 Å². The van der Waals surface area contributed by atoms with Crippen LogP contribution in [0.25, 0.3) is 0 Å². The summed E-state index contributed by atoms with van der Waals surface area (Å²) in [6.07, 6.45) is 7.29. The summed E-state index contributed by atoms with van der Waals surface area (Å²) in [4.78, 5) is 23.1. The van der Waals surface area contributed by atoms with Crippen molar-refractivity contribution in [3.05, 3.63) is 23.3 Å². The van der Waals surface area contributed by atoms with Gasteiger partial charge in [0, 0.05) is 22.6 Å². The van der Waals surface area contributed by atoms with Gasteiger partial charge in [0.05, 0.1) is 0 Å². The minimum Gasteiger partial charge on any atom is -0.478 e. The topological polar surface area (TPSA) is 83.8 Å². The fourth-order valence-electron chi connectivity index (χ4n) is 5.49. The van der Waals surface area contributed by atoms with Crippen LogP contribution < -0.4 is 0 Å². The molecule has 25 heavy (non-hydrogen) atoms. The molecule has 0 spiro atoms. The number of fused-ring (bicyclic) bond motifs is 1. The van der Waals surface area contributed by atoms with Crippen LogP contribution in [0.2, 0.25) is 0 Å². The number of carbonyl (C=O) groups excluding carboxylic acids is 1. The number of aliphatic carboxylic acids is 1. The van der Waals surface area contributed by atoms with Crippen LogP contribution in [0.15, 0.2) is 23.3 Å². The van der Waals surface area contributed by atoms with Gasteiger partial charge in [-0.15, -0.1) is 0 Å². The highest BCUT2D eigenvalue weighted by Crippen LogP contribution is 2.62. The van der Waals surface area contributed by atoms with Crippen molar-refractivity contribution in [3.8, 4) is 0 Å². The van der Waals surface area contributed by atoms with E-state index in [2.05, 4.69) is 20.8 Å². The number of hydrogen-bond donors (Lipinski definition) is 2. The quantitative estimate of drug-likeness (QED) is 0.761. The predicted molar refractivity (Wildman–Crippen MR) is 92.5 cm³/mol. The summed E-state index contributed by atoms with van der Waals surface area (Å²) in [6.45, 7) is 6.62. The first-order valence-corrected chi connectivity index (χ1v) is 9.21. The van der Waals surface area contributed by atoms with E-state index in [0.717, 1.165) is 32.1 Å². The number of aliphatic hydroxyl groups excluding tert-OH is 1. The van der Waals surface area contributed by atoms with Crippen molar-refractivity contribution in [2.45, 2.75) is 65.6 Å². The molecule has 5 atom stereocenters. The molecule has 0 radical (unpaired) electrons. The Morgan fingerprint density at radius 1 is 1.36 bits per heavy atom. The first-order chi connectivity index (χ1) is 11.7. The summed E-state index contributed by atoms with van der Waals surface area (Å²) < 4.78 is 4.79. The highest BCUT2D eigenvalue weighted by Gasteiger charge is 2.55. The molecule has 0 saturated heterocycles. The Bertz CT molecular complexity index is 648. The maximum Gasteiger partial charge on any atom is 0.333 e. The zero-order valence-corrected chi connectivity index (χ0v) is 15.2. The second-order valence-electron chi connectivity index (χ2n) is 8.42. The lowest BCUT2D eigenvalue weighted by atomic mass is 9.46. The van der Waals surface area contributed by atoms with Crippen molar-refractivity contribution in [2.24, 2.45) is 22.7 Å². The molecule has 0 aromatic heterocycles. The first-order valence-electron chi connectivity index (χ1n) is 9.21. The van der Waals surface area contributed by atoms with Gasteiger partial charge >= 0.3 is 11.9 Å². The smallest absolute Gasteiger partial charge is 0.333 e. The number of ether oxygens (including phenoxy) is 1. The van der Waals surface area contributed by atoms with Gasteiger partial charge in [-0.25, -0.2) is 9.59 Å². The van der Waals surface area contributed by atoms with Crippen LogP contribution in [0.4, 0.5) is 0 Å². The number of esters is 1. The molecule has 0 aromatic rings. The summed E-state index contributed by atoms with van der Waals surface area (Å²) in [5.74, 6) is -0.523. The van der Waals surface area contributed by atoms with E-state index >= 15 is 0 Å². The van der Waals surface area contributed by atoms with Crippen LogP contribution in [0.5, 0.6) is 0 Å². The summed E-state index contributed by atoms with van der Waals surface area (Å²) in [5.41, 5.74) is 0.866. The molecule has 2 aliphatic carbocycles. The molecule has 0 aromatic carbocycles. The minimum atomic E-state index is -1.12. The van der Waals surface area contributed by atoms with Crippen LogP contribution in [0.3, 0.4) is 0 Å². The maximum absolute atomic E-state index is 11.8. The average molecular weight is 348 g/mol. The van der Waals surface area contributed by atoms with Gasteiger partial charge in [-0.1, -0.05) is 26.8 Å². The summed E-state index contributed by atoms with van der Waals surface area (Å²) in [7, 11) is 0. The van der Waals surface area contributed by atoms with E-state index in [0.29, 0.717) is 23.5 Å². The normalized spacial score (nSPS) is 40.8. The third kappa shape index (κ3) is 2.92. The molecule has 1 unspecified atom stereocenters. The Morgan fingerprint density at radius 3 is 2.68 bits per heavy atom. The average Bonchev–Trinajstić information content (AvgIpc) is 2.87. The summed E-state index contributed by atoms with van der Waals surface area (Å²) in [5, 5.41) is 19.5. The standard InChI is InChI=1S/C20H28O5/c1-12-7-9-20(3)14(17(22)23)5-4-6-15(20)19(12,2)10-8-13-11-16(21)25-18(13)24/h5,11-12,15,18,24H,4,6-10H2,1-3H3,(H,22,23)/t12-,15-,18?,19+,20-/m0/s1. The van der Waals surface area contributed by atoms with Gasteiger partial charge in [0.2, 0.25) is 6.29 Å². The molecule has 1 fully saturated rings. The van der Waals surface area contributed by atoms with Gasteiger partial charge in [-0.2, -0.15) is 0 Å². The summed E-state index contributed by atoms with van der Waals surface area (Å²) >= 11 is 0. The third-order valence-electron chi connectivity index (χ3n) is 7.24. The molecule has 2 N–H and O–H groups in total. The molecule has 138 valence electrons. The number of carboxylic acids is 1. The van der Waals surface area contributed by atoms with E-state index in [4.69, 9.17) is 4.74 Å². The molecule has 1 heterocycles. The first kappa shape index (κ1) is 18.2. The van der Waals surface area contributed by atoms with E-state index < -0.39 is 18.2 Å². The highest BCUT2D eigenvalue weighted by molar-refractivity contribution is 5.88. The fourth-order valence-corrected chi connectivity index (χ4v) is 5.49. The second-order valence-corrected chi connectivity index (χ2v) is 8.42. The number of aliphatic hydroxyl groups is 1. The van der Waals surface area contributed by atoms with Crippen LogP contribution in [0.1, 0.15) is 59.3 Å². The van der Waals surface area contributed by atoms with Gasteiger partial charge in [0.25, 0.3) is 0 Å². The zero-order chi connectivity index (χ0) is 18.4. The van der Waals surface area contributed by atoms with Gasteiger partial charge in [0.1, 0.15) is 0 Å². The van der Waals surface area contributed by atoms with Crippen LogP contribution in [0, 0.1) is 22.7 Å². The molecule has 5 nitrogen and oxygen atoms in total. The van der Waals surface area contributed by atoms with Crippen molar-refractivity contribution in [1.82, 2.24) is 0 Å². The van der Waals surface area contributed by atoms with Crippen molar-refractivity contribution in [2.75, 3.05) is 0 Å². The molecular formula is C20H28O5. The predicted octanol–water partition coefficient (Wildman–Crippen LogP) is 3.43. The van der Waals surface area contributed by atoms with E-state index in [1.807, 2.05) is 6.08 Å². The number of cyclic esters (lactones) is 1. The van der Waals surface area contributed by atoms with E-state index in [9.17, 15) is 19.8 Å². The molecule has 3 rings (SSSR count). The molecule has 0 amide bonds.